The van der Waals surface area contributed by atoms with Crippen LogP contribution in [0.1, 0.15) is 26.5 Å². The summed E-state index contributed by atoms with van der Waals surface area (Å²) in [5.41, 5.74) is 1.76. The van der Waals surface area contributed by atoms with Gasteiger partial charge in [0.15, 0.2) is 0 Å². The second-order valence-electron chi connectivity index (χ2n) is 5.92. The van der Waals surface area contributed by atoms with Gasteiger partial charge in [0.25, 0.3) is 11.8 Å². The number of hydrogen-bond acceptors (Lipinski definition) is 5. The van der Waals surface area contributed by atoms with Crippen molar-refractivity contribution in [3.05, 3.63) is 71.7 Å². The van der Waals surface area contributed by atoms with Crippen molar-refractivity contribution in [2.24, 2.45) is 0 Å². The number of benzene rings is 2. The number of furan rings is 1. The number of amides is 2. The van der Waals surface area contributed by atoms with Crippen molar-refractivity contribution in [3.8, 4) is 11.5 Å². The molecule has 1 aromatic heterocycles. The number of carbonyl (C=O) groups is 2. The lowest BCUT2D eigenvalue weighted by atomic mass is 10.2. The van der Waals surface area contributed by atoms with E-state index in [2.05, 4.69) is 10.6 Å². The second-order valence-corrected chi connectivity index (χ2v) is 5.92. The Bertz CT molecular complexity index is 995. The minimum atomic E-state index is -0.340. The minimum absolute atomic E-state index is 0.285. The third-order valence-electron chi connectivity index (χ3n) is 4.16. The van der Waals surface area contributed by atoms with Crippen molar-refractivity contribution < 1.29 is 23.5 Å². The largest absolute Gasteiger partial charge is 0.494 e. The molecule has 0 aliphatic heterocycles. The topological polar surface area (TPSA) is 89.8 Å². The van der Waals surface area contributed by atoms with Crippen LogP contribution in [0.15, 0.2) is 59.2 Å². The molecule has 3 rings (SSSR count). The average Bonchev–Trinajstić information content (AvgIpc) is 3.15. The number of ether oxygens (including phenoxy) is 2. The van der Waals surface area contributed by atoms with Crippen LogP contribution in [0.3, 0.4) is 0 Å². The monoisotopic (exact) mass is 380 g/mol. The van der Waals surface area contributed by atoms with Gasteiger partial charge in [0.05, 0.1) is 37.4 Å². The van der Waals surface area contributed by atoms with E-state index in [1.165, 1.54) is 20.5 Å². The van der Waals surface area contributed by atoms with Crippen LogP contribution >= 0.6 is 0 Å². The lowest BCUT2D eigenvalue weighted by Gasteiger charge is -2.16. The van der Waals surface area contributed by atoms with Gasteiger partial charge in [-0.2, -0.15) is 0 Å². The zero-order valence-electron chi connectivity index (χ0n) is 15.7. The lowest BCUT2D eigenvalue weighted by molar-refractivity contribution is 0.101. The maximum Gasteiger partial charge on any atom is 0.259 e. The molecule has 0 bridgehead atoms. The quantitative estimate of drug-likeness (QED) is 0.672. The number of carbonyl (C=O) groups excluding carboxylic acids is 2. The minimum Gasteiger partial charge on any atom is -0.494 e. The van der Waals surface area contributed by atoms with E-state index in [0.717, 1.165) is 0 Å². The van der Waals surface area contributed by atoms with Crippen molar-refractivity contribution in [2.45, 2.75) is 6.92 Å². The number of nitrogens with one attached hydrogen (secondary N) is 2. The van der Waals surface area contributed by atoms with Gasteiger partial charge in [0, 0.05) is 17.7 Å². The Balaban J connectivity index is 1.88. The Morgan fingerprint density at radius 1 is 0.857 bits per heavy atom. The Morgan fingerprint density at radius 3 is 1.93 bits per heavy atom. The number of rotatable bonds is 6. The SMILES string of the molecule is COc1cc(NC(=O)c2ccoc2C)c(OC)cc1NC(=O)c1ccccc1. The van der Waals surface area contributed by atoms with Gasteiger partial charge >= 0.3 is 0 Å². The van der Waals surface area contributed by atoms with E-state index in [1.807, 2.05) is 6.07 Å². The first-order valence-corrected chi connectivity index (χ1v) is 8.51. The van der Waals surface area contributed by atoms with E-state index in [0.29, 0.717) is 39.8 Å². The van der Waals surface area contributed by atoms with Crippen molar-refractivity contribution in [3.63, 3.8) is 0 Å². The molecule has 2 amide bonds. The average molecular weight is 380 g/mol. The third kappa shape index (κ3) is 3.98. The van der Waals surface area contributed by atoms with Gasteiger partial charge < -0.3 is 24.5 Å². The first-order chi connectivity index (χ1) is 13.5. The highest BCUT2D eigenvalue weighted by molar-refractivity contribution is 6.07. The van der Waals surface area contributed by atoms with Gasteiger partial charge in [-0.1, -0.05) is 18.2 Å². The second kappa shape index (κ2) is 8.30. The van der Waals surface area contributed by atoms with E-state index in [-0.39, 0.29) is 11.8 Å². The van der Waals surface area contributed by atoms with Crippen molar-refractivity contribution in [1.29, 1.82) is 0 Å². The number of anilines is 2. The molecule has 2 aromatic carbocycles. The summed E-state index contributed by atoms with van der Waals surface area (Å²) in [6.07, 6.45) is 1.45. The van der Waals surface area contributed by atoms with Gasteiger partial charge in [-0.05, 0) is 25.1 Å². The normalized spacial score (nSPS) is 10.2. The van der Waals surface area contributed by atoms with E-state index >= 15 is 0 Å². The molecular weight excluding hydrogens is 360 g/mol. The predicted octanol–water partition coefficient (Wildman–Crippen LogP) is 4.11. The van der Waals surface area contributed by atoms with Crippen LogP contribution in [0.5, 0.6) is 11.5 Å². The fraction of sp³-hybridized carbons (Fsp3) is 0.143. The molecule has 0 radical (unpaired) electrons. The van der Waals surface area contributed by atoms with Crippen LogP contribution in [-0.2, 0) is 0 Å². The van der Waals surface area contributed by atoms with Gasteiger partial charge in [0.2, 0.25) is 0 Å². The third-order valence-corrected chi connectivity index (χ3v) is 4.16. The molecule has 0 saturated carbocycles. The Morgan fingerprint density at radius 2 is 1.43 bits per heavy atom. The first kappa shape index (κ1) is 19.0. The Labute approximate surface area is 162 Å². The molecule has 0 saturated heterocycles. The van der Waals surface area contributed by atoms with Gasteiger partial charge in [-0.15, -0.1) is 0 Å². The van der Waals surface area contributed by atoms with Gasteiger partial charge in [-0.3, -0.25) is 9.59 Å². The van der Waals surface area contributed by atoms with Gasteiger partial charge in [-0.25, -0.2) is 0 Å². The lowest BCUT2D eigenvalue weighted by Crippen LogP contribution is -2.15. The van der Waals surface area contributed by atoms with E-state index < -0.39 is 0 Å². The zero-order valence-corrected chi connectivity index (χ0v) is 15.7. The summed E-state index contributed by atoms with van der Waals surface area (Å²) in [4.78, 5) is 24.9. The number of aryl methyl sites for hydroxylation is 1. The fourth-order valence-electron chi connectivity index (χ4n) is 2.69. The molecule has 0 aliphatic rings. The number of methoxy groups -OCH3 is 2. The first-order valence-electron chi connectivity index (χ1n) is 8.51. The van der Waals surface area contributed by atoms with Crippen LogP contribution in [0, 0.1) is 6.92 Å². The summed E-state index contributed by atoms with van der Waals surface area (Å²) in [6, 6.07) is 13.6. The number of hydrogen-bond donors (Lipinski definition) is 2. The van der Waals surface area contributed by atoms with Crippen molar-refractivity contribution in [1.82, 2.24) is 0 Å². The maximum absolute atomic E-state index is 12.5. The summed E-state index contributed by atoms with van der Waals surface area (Å²) < 4.78 is 15.9. The van der Waals surface area contributed by atoms with Crippen molar-refractivity contribution in [2.75, 3.05) is 24.9 Å². The van der Waals surface area contributed by atoms with Crippen LogP contribution in [-0.4, -0.2) is 26.0 Å². The standard InChI is InChI=1S/C21H20N2O5/c1-13-15(9-10-28-13)21(25)23-17-12-18(26-2)16(11-19(17)27-3)22-20(24)14-7-5-4-6-8-14/h4-12H,1-3H3,(H,22,24)(H,23,25). The summed E-state index contributed by atoms with van der Waals surface area (Å²) in [5, 5.41) is 5.57. The zero-order chi connectivity index (χ0) is 20.1. The smallest absolute Gasteiger partial charge is 0.259 e. The summed E-state index contributed by atoms with van der Waals surface area (Å²) in [5.74, 6) is 0.637. The highest BCUT2D eigenvalue weighted by Gasteiger charge is 2.18. The molecule has 2 N–H and O–H groups in total. The summed E-state index contributed by atoms with van der Waals surface area (Å²) >= 11 is 0. The van der Waals surface area contributed by atoms with Gasteiger partial charge in [0.1, 0.15) is 17.3 Å². The van der Waals surface area contributed by atoms with Crippen LogP contribution < -0.4 is 20.1 Å². The van der Waals surface area contributed by atoms with E-state index in [1.54, 1.807) is 49.4 Å². The van der Waals surface area contributed by atoms with E-state index in [9.17, 15) is 9.59 Å². The van der Waals surface area contributed by atoms with Crippen LogP contribution in [0.4, 0.5) is 11.4 Å². The van der Waals surface area contributed by atoms with Crippen LogP contribution in [0.25, 0.3) is 0 Å². The molecule has 7 heteroatoms. The van der Waals surface area contributed by atoms with Crippen molar-refractivity contribution >= 4 is 23.2 Å². The summed E-state index contributed by atoms with van der Waals surface area (Å²) in [7, 11) is 2.95. The highest BCUT2D eigenvalue weighted by Crippen LogP contribution is 2.37. The Kier molecular flexibility index (Phi) is 5.64. The maximum atomic E-state index is 12.5. The molecule has 144 valence electrons. The molecule has 0 aliphatic carbocycles. The fourth-order valence-corrected chi connectivity index (χ4v) is 2.69. The highest BCUT2D eigenvalue weighted by atomic mass is 16.5. The molecule has 28 heavy (non-hydrogen) atoms. The Hall–Kier alpha value is -3.74. The summed E-state index contributed by atoms with van der Waals surface area (Å²) in [6.45, 7) is 1.70. The van der Waals surface area contributed by atoms with Crippen LogP contribution in [0.2, 0.25) is 0 Å². The molecule has 1 heterocycles. The molecule has 0 spiro atoms. The molecular formula is C21H20N2O5. The molecule has 0 fully saturated rings. The molecule has 0 atom stereocenters. The molecule has 7 nitrogen and oxygen atoms in total. The predicted molar refractivity (Wildman–Crippen MR) is 105 cm³/mol. The molecule has 3 aromatic rings. The molecule has 0 unspecified atom stereocenters. The van der Waals surface area contributed by atoms with E-state index in [4.69, 9.17) is 13.9 Å².